The van der Waals surface area contributed by atoms with E-state index in [-0.39, 0.29) is 30.0 Å². The molecule has 2 heterocycles. The maximum absolute atomic E-state index is 14.4. The van der Waals surface area contributed by atoms with Crippen molar-refractivity contribution in [2.24, 2.45) is 5.73 Å². The molecule has 1 amide bonds. The molecule has 0 aliphatic carbocycles. The number of rotatable bonds is 5. The van der Waals surface area contributed by atoms with Crippen molar-refractivity contribution in [3.05, 3.63) is 58.0 Å². The molecule has 1 fully saturated rings. The van der Waals surface area contributed by atoms with Crippen LogP contribution in [0.3, 0.4) is 0 Å². The normalized spacial score (nSPS) is 18.0. The fraction of sp³-hybridized carbons (Fsp3) is 0.368. The molecule has 2 N–H and O–H groups in total. The van der Waals surface area contributed by atoms with Crippen molar-refractivity contribution in [2.45, 2.75) is 31.1 Å². The van der Waals surface area contributed by atoms with Crippen LogP contribution in [0.1, 0.15) is 17.9 Å². The minimum Gasteiger partial charge on any atom is -0.497 e. The van der Waals surface area contributed by atoms with Gasteiger partial charge in [-0.3, -0.25) is 9.59 Å². The van der Waals surface area contributed by atoms with Crippen molar-refractivity contribution in [3.63, 3.8) is 0 Å². The number of pyridine rings is 1. The first-order chi connectivity index (χ1) is 14.0. The molecule has 0 spiro atoms. The highest BCUT2D eigenvalue weighted by Gasteiger charge is 2.38. The van der Waals surface area contributed by atoms with Crippen LogP contribution in [0.4, 0.5) is 27.6 Å². The highest BCUT2D eigenvalue weighted by molar-refractivity contribution is 5.96. The lowest BCUT2D eigenvalue weighted by atomic mass is 9.97. The molecule has 1 aromatic heterocycles. The van der Waals surface area contributed by atoms with Gasteiger partial charge in [0.2, 0.25) is 5.91 Å². The van der Waals surface area contributed by atoms with Crippen LogP contribution in [-0.4, -0.2) is 36.3 Å². The lowest BCUT2D eigenvalue weighted by Gasteiger charge is -2.20. The van der Waals surface area contributed by atoms with Crippen molar-refractivity contribution in [2.75, 3.05) is 18.6 Å². The van der Waals surface area contributed by atoms with E-state index >= 15 is 0 Å². The number of carbonyl (C=O) groups excluding carboxylic acids is 1. The molecule has 0 bridgehead atoms. The molecule has 30 heavy (non-hydrogen) atoms. The quantitative estimate of drug-likeness (QED) is 0.739. The van der Waals surface area contributed by atoms with E-state index in [1.54, 1.807) is 0 Å². The molecular weight excluding hydrogens is 413 g/mol. The van der Waals surface area contributed by atoms with E-state index in [0.29, 0.717) is 0 Å². The van der Waals surface area contributed by atoms with E-state index in [2.05, 4.69) is 0 Å². The number of carbonyl (C=O) groups is 1. The first kappa shape index (κ1) is 21.8. The summed E-state index contributed by atoms with van der Waals surface area (Å²) in [5.41, 5.74) is 3.72. The lowest BCUT2D eigenvalue weighted by Crippen LogP contribution is -2.43. The monoisotopic (exact) mass is 431 g/mol. The van der Waals surface area contributed by atoms with Gasteiger partial charge in [-0.2, -0.15) is 13.2 Å². The Kier molecular flexibility index (Phi) is 5.84. The van der Waals surface area contributed by atoms with Gasteiger partial charge in [0.15, 0.2) is 0 Å². The summed E-state index contributed by atoms with van der Waals surface area (Å²) < 4.78 is 72.4. The maximum atomic E-state index is 14.4. The van der Waals surface area contributed by atoms with E-state index in [0.717, 1.165) is 27.8 Å². The van der Waals surface area contributed by atoms with E-state index in [1.165, 1.54) is 19.2 Å². The Labute approximate surface area is 167 Å². The summed E-state index contributed by atoms with van der Waals surface area (Å²) in [5, 5.41) is 0. The summed E-state index contributed by atoms with van der Waals surface area (Å²) in [7, 11) is 1.25. The second kappa shape index (κ2) is 8.05. The largest absolute Gasteiger partial charge is 0.497 e. The summed E-state index contributed by atoms with van der Waals surface area (Å²) in [6, 6.07) is 2.27. The van der Waals surface area contributed by atoms with Gasteiger partial charge in [0.1, 0.15) is 29.1 Å². The van der Waals surface area contributed by atoms with E-state index < -0.39 is 47.8 Å². The van der Waals surface area contributed by atoms with Crippen molar-refractivity contribution in [1.29, 1.82) is 0 Å². The molecule has 1 aliphatic heterocycles. The minimum absolute atomic E-state index is 0.0260. The summed E-state index contributed by atoms with van der Waals surface area (Å²) in [5.74, 6) is -3.28. The number of amides is 1. The van der Waals surface area contributed by atoms with Gasteiger partial charge in [-0.15, -0.1) is 0 Å². The highest BCUT2D eigenvalue weighted by Crippen LogP contribution is 2.35. The van der Waals surface area contributed by atoms with Gasteiger partial charge < -0.3 is 19.9 Å². The number of aromatic nitrogens is 1. The van der Waals surface area contributed by atoms with Crippen LogP contribution in [0.5, 0.6) is 5.75 Å². The molecular formula is C19H18F5N3O3. The Morgan fingerprint density at radius 2 is 1.87 bits per heavy atom. The summed E-state index contributed by atoms with van der Waals surface area (Å²) in [4.78, 5) is 26.1. The standard InChI is InChI=1S/C19H18F5N3O3/c1-30-11-6-12(20)17(13(21)7-11)10-5-16(28)27(8-10)14-3-2-4-26(18(14)29)9-15(25)19(22,23)24/h2-4,6-7,10,15H,5,8-9,25H2,1H3/t10-,15?/m0/s1. The molecule has 11 heteroatoms. The highest BCUT2D eigenvalue weighted by atomic mass is 19.4. The van der Waals surface area contributed by atoms with Gasteiger partial charge in [-0.25, -0.2) is 8.78 Å². The Morgan fingerprint density at radius 1 is 1.23 bits per heavy atom. The Balaban J connectivity index is 1.89. The van der Waals surface area contributed by atoms with Crippen molar-refractivity contribution in [3.8, 4) is 5.75 Å². The van der Waals surface area contributed by atoms with Gasteiger partial charge in [-0.1, -0.05) is 0 Å². The summed E-state index contributed by atoms with van der Waals surface area (Å²) >= 11 is 0. The molecule has 3 rings (SSSR count). The zero-order chi connectivity index (χ0) is 22.2. The third-order valence-corrected chi connectivity index (χ3v) is 4.93. The van der Waals surface area contributed by atoms with Crippen LogP contribution >= 0.6 is 0 Å². The number of halogens is 5. The molecule has 2 atom stereocenters. The predicted molar refractivity (Wildman–Crippen MR) is 97.4 cm³/mol. The number of anilines is 1. The molecule has 1 aliphatic rings. The Morgan fingerprint density at radius 3 is 2.43 bits per heavy atom. The number of nitrogens with two attached hydrogens (primary N) is 1. The van der Waals surface area contributed by atoms with Crippen molar-refractivity contribution >= 4 is 11.6 Å². The number of ether oxygens (including phenoxy) is 1. The summed E-state index contributed by atoms with van der Waals surface area (Å²) in [6.45, 7) is -1.03. The van der Waals surface area contributed by atoms with Crippen LogP contribution < -0.4 is 20.9 Å². The third kappa shape index (κ3) is 4.16. The first-order valence-electron chi connectivity index (χ1n) is 8.88. The van der Waals surface area contributed by atoms with Gasteiger partial charge in [0.05, 0.1) is 7.11 Å². The lowest BCUT2D eigenvalue weighted by molar-refractivity contribution is -0.150. The molecule has 0 saturated carbocycles. The Hall–Kier alpha value is -2.95. The molecule has 1 saturated heterocycles. The van der Waals surface area contributed by atoms with Gasteiger partial charge in [0, 0.05) is 49.3 Å². The van der Waals surface area contributed by atoms with Crippen LogP contribution in [0.25, 0.3) is 0 Å². The average molecular weight is 431 g/mol. The summed E-state index contributed by atoms with van der Waals surface area (Å²) in [6.07, 6.45) is -3.84. The predicted octanol–water partition coefficient (Wildman–Crippen LogP) is 2.55. The Bertz CT molecular complexity index is 998. The molecule has 6 nitrogen and oxygen atoms in total. The van der Waals surface area contributed by atoms with Crippen LogP contribution in [0, 0.1) is 11.6 Å². The van der Waals surface area contributed by atoms with Crippen LogP contribution in [0.15, 0.2) is 35.3 Å². The van der Waals surface area contributed by atoms with Crippen molar-refractivity contribution < 1.29 is 31.5 Å². The topological polar surface area (TPSA) is 77.6 Å². The van der Waals surface area contributed by atoms with Crippen LogP contribution in [0.2, 0.25) is 0 Å². The number of nitrogens with zero attached hydrogens (tertiary/aromatic N) is 2. The van der Waals surface area contributed by atoms with E-state index in [4.69, 9.17) is 10.5 Å². The van der Waals surface area contributed by atoms with Crippen molar-refractivity contribution in [1.82, 2.24) is 4.57 Å². The van der Waals surface area contributed by atoms with Crippen LogP contribution in [-0.2, 0) is 11.3 Å². The zero-order valence-electron chi connectivity index (χ0n) is 15.7. The fourth-order valence-electron chi connectivity index (χ4n) is 3.39. The zero-order valence-corrected chi connectivity index (χ0v) is 15.7. The molecule has 162 valence electrons. The van der Waals surface area contributed by atoms with E-state index in [1.807, 2.05) is 0 Å². The number of methoxy groups -OCH3 is 1. The second-order valence-corrected chi connectivity index (χ2v) is 6.91. The minimum atomic E-state index is -4.70. The average Bonchev–Trinajstić information content (AvgIpc) is 3.02. The SMILES string of the molecule is COc1cc(F)c([C@H]2CC(=O)N(c3cccn(CC(N)C(F)(F)F)c3=O)C2)c(F)c1. The van der Waals surface area contributed by atoms with Gasteiger partial charge >= 0.3 is 6.18 Å². The van der Waals surface area contributed by atoms with E-state index in [9.17, 15) is 31.5 Å². The van der Waals surface area contributed by atoms with Gasteiger partial charge in [0.25, 0.3) is 5.56 Å². The number of hydrogen-bond acceptors (Lipinski definition) is 4. The third-order valence-electron chi connectivity index (χ3n) is 4.93. The number of hydrogen-bond donors (Lipinski definition) is 1. The number of benzene rings is 1. The molecule has 1 unspecified atom stereocenters. The maximum Gasteiger partial charge on any atom is 0.405 e. The molecule has 1 aromatic carbocycles. The number of alkyl halides is 3. The smallest absolute Gasteiger partial charge is 0.405 e. The molecule has 2 aromatic rings. The van der Waals surface area contributed by atoms with Gasteiger partial charge in [-0.05, 0) is 12.1 Å². The fourth-order valence-corrected chi connectivity index (χ4v) is 3.39. The molecule has 0 radical (unpaired) electrons. The first-order valence-corrected chi connectivity index (χ1v) is 8.88. The second-order valence-electron chi connectivity index (χ2n) is 6.91.